The van der Waals surface area contributed by atoms with Crippen LogP contribution in [0.4, 0.5) is 0 Å². The van der Waals surface area contributed by atoms with E-state index in [9.17, 15) is 9.59 Å². The van der Waals surface area contributed by atoms with Crippen molar-refractivity contribution in [2.75, 3.05) is 0 Å². The standard InChI is InChI=1S/C7H7N5O2/c1-4(13)5-6-9-10-11(2)7(14)12(6)3-8-5/h3H,1-2H3. The molecule has 0 aliphatic rings. The molecule has 2 rings (SSSR count). The van der Waals surface area contributed by atoms with Gasteiger partial charge in [-0.05, 0) is 0 Å². The number of Topliss-reactive ketones (excluding diaryl/α,β-unsaturated/α-hetero) is 1. The maximum absolute atomic E-state index is 11.4. The number of ketones is 1. The summed E-state index contributed by atoms with van der Waals surface area (Å²) in [6.07, 6.45) is 1.27. The van der Waals surface area contributed by atoms with Gasteiger partial charge in [-0.25, -0.2) is 14.2 Å². The van der Waals surface area contributed by atoms with Gasteiger partial charge in [-0.3, -0.25) is 4.79 Å². The van der Waals surface area contributed by atoms with Crippen molar-refractivity contribution in [2.45, 2.75) is 6.92 Å². The molecule has 2 heterocycles. The lowest BCUT2D eigenvalue weighted by Crippen LogP contribution is -2.27. The van der Waals surface area contributed by atoms with Crippen LogP contribution in [0.5, 0.6) is 0 Å². The fraction of sp³-hybridized carbons (Fsp3) is 0.286. The summed E-state index contributed by atoms with van der Waals surface area (Å²) >= 11 is 0. The second kappa shape index (κ2) is 2.72. The van der Waals surface area contributed by atoms with Crippen molar-refractivity contribution in [3.05, 3.63) is 22.5 Å². The zero-order valence-corrected chi connectivity index (χ0v) is 7.63. The van der Waals surface area contributed by atoms with Crippen molar-refractivity contribution in [1.82, 2.24) is 24.4 Å². The summed E-state index contributed by atoms with van der Waals surface area (Å²) in [5.41, 5.74) is -0.0224. The van der Waals surface area contributed by atoms with Crippen LogP contribution in [0.25, 0.3) is 5.65 Å². The monoisotopic (exact) mass is 193 g/mol. The molecule has 7 heteroatoms. The molecule has 2 aromatic heterocycles. The molecular formula is C7H7N5O2. The Hall–Kier alpha value is -2.05. The van der Waals surface area contributed by atoms with E-state index in [1.807, 2.05) is 0 Å². The predicted molar refractivity (Wildman–Crippen MR) is 46.0 cm³/mol. The summed E-state index contributed by atoms with van der Waals surface area (Å²) in [5.74, 6) is -0.241. The minimum atomic E-state index is -0.380. The fourth-order valence-corrected chi connectivity index (χ4v) is 1.13. The number of nitrogens with zero attached hydrogens (tertiary/aromatic N) is 5. The summed E-state index contributed by atoms with van der Waals surface area (Å²) in [5, 5.41) is 7.28. The van der Waals surface area contributed by atoms with Crippen molar-refractivity contribution < 1.29 is 4.79 Å². The first-order valence-electron chi connectivity index (χ1n) is 3.89. The molecule has 72 valence electrons. The number of imidazole rings is 1. The van der Waals surface area contributed by atoms with E-state index in [1.165, 1.54) is 24.7 Å². The predicted octanol–water partition coefficient (Wildman–Crippen LogP) is -0.974. The number of aryl methyl sites for hydroxylation is 1. The quantitative estimate of drug-likeness (QED) is 0.544. The van der Waals surface area contributed by atoms with Gasteiger partial charge in [-0.15, -0.1) is 5.10 Å². The van der Waals surface area contributed by atoms with E-state index in [1.54, 1.807) is 0 Å². The highest BCUT2D eigenvalue weighted by atomic mass is 16.2. The summed E-state index contributed by atoms with van der Waals surface area (Å²) < 4.78 is 2.25. The molecule has 0 saturated heterocycles. The summed E-state index contributed by atoms with van der Waals surface area (Å²) in [6.45, 7) is 1.36. The number of carbonyl (C=O) groups excluding carboxylic acids is 1. The Morgan fingerprint density at radius 2 is 2.21 bits per heavy atom. The largest absolute Gasteiger partial charge is 0.352 e. The van der Waals surface area contributed by atoms with Gasteiger partial charge >= 0.3 is 5.69 Å². The first kappa shape index (κ1) is 8.54. The smallest absolute Gasteiger partial charge is 0.293 e. The third-order valence-electron chi connectivity index (χ3n) is 1.83. The molecule has 0 bridgehead atoms. The minimum absolute atomic E-state index is 0.162. The fourth-order valence-electron chi connectivity index (χ4n) is 1.13. The second-order valence-corrected chi connectivity index (χ2v) is 2.84. The first-order chi connectivity index (χ1) is 6.61. The Morgan fingerprint density at radius 3 is 2.86 bits per heavy atom. The van der Waals surface area contributed by atoms with Crippen molar-refractivity contribution in [3.63, 3.8) is 0 Å². The van der Waals surface area contributed by atoms with Gasteiger partial charge in [0.2, 0.25) is 0 Å². The molecule has 2 aromatic rings. The number of hydrogen-bond acceptors (Lipinski definition) is 5. The van der Waals surface area contributed by atoms with Crippen LogP contribution in [0, 0.1) is 0 Å². The molecule has 0 spiro atoms. The molecule has 0 aliphatic carbocycles. The Labute approximate surface area is 78.0 Å². The number of carbonyl (C=O) groups is 1. The molecule has 7 nitrogen and oxygen atoms in total. The van der Waals surface area contributed by atoms with E-state index >= 15 is 0 Å². The van der Waals surface area contributed by atoms with Gasteiger partial charge in [0.05, 0.1) is 0 Å². The maximum Gasteiger partial charge on any atom is 0.352 e. The van der Waals surface area contributed by atoms with E-state index in [4.69, 9.17) is 0 Å². The van der Waals surface area contributed by atoms with Crippen molar-refractivity contribution in [2.24, 2.45) is 7.05 Å². The Balaban J connectivity index is 2.91. The topological polar surface area (TPSA) is 82.2 Å². The lowest BCUT2D eigenvalue weighted by Gasteiger charge is -1.95. The Morgan fingerprint density at radius 1 is 1.50 bits per heavy atom. The SMILES string of the molecule is CC(=O)c1ncn2c(=O)n(C)nnc12. The molecule has 0 aromatic carbocycles. The van der Waals surface area contributed by atoms with E-state index in [2.05, 4.69) is 15.3 Å². The van der Waals surface area contributed by atoms with Crippen molar-refractivity contribution in [1.29, 1.82) is 0 Å². The Bertz CT molecular complexity index is 567. The Kier molecular flexibility index (Phi) is 1.66. The number of aromatic nitrogens is 5. The van der Waals surface area contributed by atoms with Crippen LogP contribution in [0.1, 0.15) is 17.4 Å². The van der Waals surface area contributed by atoms with Crippen LogP contribution in [0.2, 0.25) is 0 Å². The number of hydrogen-bond donors (Lipinski definition) is 0. The third kappa shape index (κ3) is 1.02. The summed E-state index contributed by atoms with van der Waals surface area (Å²) in [4.78, 5) is 26.3. The van der Waals surface area contributed by atoms with Crippen LogP contribution < -0.4 is 5.69 Å². The van der Waals surface area contributed by atoms with Crippen LogP contribution in [-0.4, -0.2) is 30.2 Å². The number of rotatable bonds is 1. The van der Waals surface area contributed by atoms with Gasteiger partial charge in [-0.2, -0.15) is 4.68 Å². The highest BCUT2D eigenvalue weighted by Gasteiger charge is 2.12. The molecule has 0 unspecified atom stereocenters. The average molecular weight is 193 g/mol. The maximum atomic E-state index is 11.4. The third-order valence-corrected chi connectivity index (χ3v) is 1.83. The van der Waals surface area contributed by atoms with Gasteiger partial charge in [0, 0.05) is 14.0 Å². The van der Waals surface area contributed by atoms with E-state index in [-0.39, 0.29) is 22.8 Å². The molecule has 0 aliphatic heterocycles. The van der Waals surface area contributed by atoms with Gasteiger partial charge in [0.15, 0.2) is 17.1 Å². The molecule has 0 saturated carbocycles. The van der Waals surface area contributed by atoms with Crippen LogP contribution in [0.3, 0.4) is 0 Å². The zero-order valence-electron chi connectivity index (χ0n) is 7.63. The van der Waals surface area contributed by atoms with Crippen LogP contribution >= 0.6 is 0 Å². The average Bonchev–Trinajstić information content (AvgIpc) is 2.55. The zero-order chi connectivity index (χ0) is 10.3. The lowest BCUT2D eigenvalue weighted by atomic mass is 10.3. The molecular weight excluding hydrogens is 186 g/mol. The van der Waals surface area contributed by atoms with Gasteiger partial charge < -0.3 is 0 Å². The highest BCUT2D eigenvalue weighted by molar-refractivity contribution is 5.97. The lowest BCUT2D eigenvalue weighted by molar-refractivity contribution is 0.101. The molecule has 0 radical (unpaired) electrons. The molecule has 0 N–H and O–H groups in total. The van der Waals surface area contributed by atoms with E-state index in [0.29, 0.717) is 0 Å². The van der Waals surface area contributed by atoms with Crippen LogP contribution in [-0.2, 0) is 7.05 Å². The molecule has 14 heavy (non-hydrogen) atoms. The molecule has 0 amide bonds. The van der Waals surface area contributed by atoms with Gasteiger partial charge in [0.25, 0.3) is 0 Å². The summed E-state index contributed by atoms with van der Waals surface area (Å²) in [6, 6.07) is 0. The van der Waals surface area contributed by atoms with Gasteiger partial charge in [-0.1, -0.05) is 5.21 Å². The first-order valence-corrected chi connectivity index (χ1v) is 3.89. The number of fused-ring (bicyclic) bond motifs is 1. The van der Waals surface area contributed by atoms with Crippen molar-refractivity contribution in [3.8, 4) is 0 Å². The summed E-state index contributed by atoms with van der Waals surface area (Å²) in [7, 11) is 1.47. The van der Waals surface area contributed by atoms with E-state index < -0.39 is 0 Å². The van der Waals surface area contributed by atoms with Gasteiger partial charge in [0.1, 0.15) is 6.33 Å². The molecule has 0 atom stereocenters. The molecule has 0 fully saturated rings. The van der Waals surface area contributed by atoms with Crippen molar-refractivity contribution >= 4 is 11.4 Å². The second-order valence-electron chi connectivity index (χ2n) is 2.84. The normalized spacial score (nSPS) is 10.7. The highest BCUT2D eigenvalue weighted by Crippen LogP contribution is 2.02. The van der Waals surface area contributed by atoms with Crippen LogP contribution in [0.15, 0.2) is 11.1 Å². The minimum Gasteiger partial charge on any atom is -0.293 e. The van der Waals surface area contributed by atoms with E-state index in [0.717, 1.165) is 4.68 Å².